The van der Waals surface area contributed by atoms with Gasteiger partial charge >= 0.3 is 0 Å². The Kier molecular flexibility index (Phi) is 6.23. The number of hydrogen-bond acceptors (Lipinski definition) is 2. The highest BCUT2D eigenvalue weighted by Crippen LogP contribution is 2.25. The van der Waals surface area contributed by atoms with Crippen LogP contribution in [0.15, 0.2) is 30.3 Å². The molecule has 1 rings (SSSR count). The molecule has 1 aromatic carbocycles. The summed E-state index contributed by atoms with van der Waals surface area (Å²) < 4.78 is 0. The van der Waals surface area contributed by atoms with E-state index in [1.165, 1.54) is 12.0 Å². The molecule has 2 heteroatoms. The largest absolute Gasteiger partial charge is 0.330 e. The molecule has 0 aromatic heterocycles. The maximum atomic E-state index is 5.77. The molecule has 0 saturated heterocycles. The summed E-state index contributed by atoms with van der Waals surface area (Å²) in [6.07, 6.45) is 2.22. The van der Waals surface area contributed by atoms with Gasteiger partial charge in [0.1, 0.15) is 0 Å². The zero-order chi connectivity index (χ0) is 12.7. The average Bonchev–Trinajstić information content (AvgIpc) is 2.34. The SMILES string of the molecule is CCCN(C(C)C)C(CCN)c1ccccc1. The summed E-state index contributed by atoms with van der Waals surface area (Å²) in [5.41, 5.74) is 7.16. The molecule has 1 atom stereocenters. The molecule has 1 aromatic rings. The second-order valence-electron chi connectivity index (χ2n) is 4.84. The molecule has 0 aliphatic heterocycles. The average molecular weight is 234 g/mol. The van der Waals surface area contributed by atoms with E-state index in [-0.39, 0.29) is 0 Å². The third-order valence-electron chi connectivity index (χ3n) is 3.17. The first-order valence-corrected chi connectivity index (χ1v) is 6.71. The van der Waals surface area contributed by atoms with Crippen LogP contribution in [0.1, 0.15) is 45.2 Å². The molecule has 0 aliphatic carbocycles. The minimum atomic E-state index is 0.459. The Bertz CT molecular complexity index is 295. The van der Waals surface area contributed by atoms with Crippen LogP contribution in [0.2, 0.25) is 0 Å². The first-order valence-electron chi connectivity index (χ1n) is 6.71. The Balaban J connectivity index is 2.89. The van der Waals surface area contributed by atoms with E-state index in [2.05, 4.69) is 56.0 Å². The normalized spacial score (nSPS) is 13.3. The monoisotopic (exact) mass is 234 g/mol. The Morgan fingerprint density at radius 3 is 2.29 bits per heavy atom. The second kappa shape index (κ2) is 7.46. The zero-order valence-electron chi connectivity index (χ0n) is 11.4. The molecule has 2 N–H and O–H groups in total. The van der Waals surface area contributed by atoms with Gasteiger partial charge in [-0.2, -0.15) is 0 Å². The predicted octanol–water partition coefficient (Wildman–Crippen LogP) is 3.20. The third kappa shape index (κ3) is 4.14. The van der Waals surface area contributed by atoms with E-state index in [9.17, 15) is 0 Å². The molecule has 96 valence electrons. The lowest BCUT2D eigenvalue weighted by atomic mass is 10.0. The second-order valence-corrected chi connectivity index (χ2v) is 4.84. The summed E-state index contributed by atoms with van der Waals surface area (Å²) in [4.78, 5) is 2.56. The third-order valence-corrected chi connectivity index (χ3v) is 3.17. The lowest BCUT2D eigenvalue weighted by Gasteiger charge is -2.35. The Hall–Kier alpha value is -0.860. The van der Waals surface area contributed by atoms with Gasteiger partial charge < -0.3 is 5.73 Å². The lowest BCUT2D eigenvalue weighted by Crippen LogP contribution is -2.36. The van der Waals surface area contributed by atoms with E-state index in [1.807, 2.05) is 0 Å². The van der Waals surface area contributed by atoms with E-state index >= 15 is 0 Å². The Morgan fingerprint density at radius 1 is 1.18 bits per heavy atom. The van der Waals surface area contributed by atoms with Gasteiger partial charge in [0.25, 0.3) is 0 Å². The fraction of sp³-hybridized carbons (Fsp3) is 0.600. The molecule has 0 fully saturated rings. The fourth-order valence-corrected chi connectivity index (χ4v) is 2.39. The molecule has 2 nitrogen and oxygen atoms in total. The number of nitrogens with zero attached hydrogens (tertiary/aromatic N) is 1. The quantitative estimate of drug-likeness (QED) is 0.785. The fourth-order valence-electron chi connectivity index (χ4n) is 2.39. The van der Waals surface area contributed by atoms with Crippen molar-refractivity contribution in [3.05, 3.63) is 35.9 Å². The van der Waals surface area contributed by atoms with Crippen LogP contribution in [-0.2, 0) is 0 Å². The highest BCUT2D eigenvalue weighted by atomic mass is 15.2. The van der Waals surface area contributed by atoms with Gasteiger partial charge in [0, 0.05) is 12.1 Å². The van der Waals surface area contributed by atoms with Gasteiger partial charge in [-0.1, -0.05) is 37.3 Å². The van der Waals surface area contributed by atoms with Crippen LogP contribution >= 0.6 is 0 Å². The van der Waals surface area contributed by atoms with Crippen LogP contribution in [0, 0.1) is 0 Å². The lowest BCUT2D eigenvalue weighted by molar-refractivity contribution is 0.147. The standard InChI is InChI=1S/C15H26N2/c1-4-12-17(13(2)3)15(10-11-16)14-8-6-5-7-9-14/h5-9,13,15H,4,10-12,16H2,1-3H3. The van der Waals surface area contributed by atoms with Crippen LogP contribution in [-0.4, -0.2) is 24.0 Å². The van der Waals surface area contributed by atoms with Crippen molar-refractivity contribution in [2.75, 3.05) is 13.1 Å². The van der Waals surface area contributed by atoms with Gasteiger partial charge in [-0.05, 0) is 45.3 Å². The summed E-state index contributed by atoms with van der Waals surface area (Å²) >= 11 is 0. The van der Waals surface area contributed by atoms with Crippen LogP contribution in [0.3, 0.4) is 0 Å². The van der Waals surface area contributed by atoms with Gasteiger partial charge in [-0.15, -0.1) is 0 Å². The van der Waals surface area contributed by atoms with Crippen LogP contribution < -0.4 is 5.73 Å². The van der Waals surface area contributed by atoms with E-state index in [1.54, 1.807) is 0 Å². The van der Waals surface area contributed by atoms with Crippen molar-refractivity contribution in [1.29, 1.82) is 0 Å². The molecule has 17 heavy (non-hydrogen) atoms. The summed E-state index contributed by atoms with van der Waals surface area (Å²) in [6.45, 7) is 8.65. The van der Waals surface area contributed by atoms with Crippen molar-refractivity contribution in [2.45, 2.75) is 45.7 Å². The minimum Gasteiger partial charge on any atom is -0.330 e. The number of hydrogen-bond donors (Lipinski definition) is 1. The van der Waals surface area contributed by atoms with E-state index < -0.39 is 0 Å². The molecule has 1 unspecified atom stereocenters. The van der Waals surface area contributed by atoms with Crippen molar-refractivity contribution in [2.24, 2.45) is 5.73 Å². The number of rotatable bonds is 7. The molecule has 0 spiro atoms. The molecule has 0 bridgehead atoms. The van der Waals surface area contributed by atoms with E-state index in [0.29, 0.717) is 12.1 Å². The first kappa shape index (κ1) is 14.2. The zero-order valence-corrected chi connectivity index (χ0v) is 11.4. The molecular formula is C15H26N2. The molecular weight excluding hydrogens is 208 g/mol. The van der Waals surface area contributed by atoms with Crippen LogP contribution in [0.4, 0.5) is 0 Å². The summed E-state index contributed by atoms with van der Waals surface area (Å²) in [7, 11) is 0. The van der Waals surface area contributed by atoms with Crippen molar-refractivity contribution in [3.63, 3.8) is 0 Å². The van der Waals surface area contributed by atoms with Crippen molar-refractivity contribution in [1.82, 2.24) is 4.90 Å². The number of nitrogens with two attached hydrogens (primary N) is 1. The topological polar surface area (TPSA) is 29.3 Å². The summed E-state index contributed by atoms with van der Waals surface area (Å²) in [5, 5.41) is 0. The van der Waals surface area contributed by atoms with Gasteiger partial charge in [0.2, 0.25) is 0 Å². The van der Waals surface area contributed by atoms with Crippen molar-refractivity contribution < 1.29 is 0 Å². The predicted molar refractivity (Wildman–Crippen MR) is 75.0 cm³/mol. The van der Waals surface area contributed by atoms with E-state index in [0.717, 1.165) is 19.5 Å². The Labute approximate surface area is 106 Å². The van der Waals surface area contributed by atoms with Crippen LogP contribution in [0.25, 0.3) is 0 Å². The molecule has 0 aliphatic rings. The van der Waals surface area contributed by atoms with Crippen molar-refractivity contribution in [3.8, 4) is 0 Å². The highest BCUT2D eigenvalue weighted by Gasteiger charge is 2.21. The molecule has 0 amide bonds. The minimum absolute atomic E-state index is 0.459. The summed E-state index contributed by atoms with van der Waals surface area (Å²) in [6, 6.07) is 11.7. The first-order chi connectivity index (χ1) is 8.20. The molecule has 0 radical (unpaired) electrons. The van der Waals surface area contributed by atoms with Crippen molar-refractivity contribution >= 4 is 0 Å². The van der Waals surface area contributed by atoms with Gasteiger partial charge in [-0.25, -0.2) is 0 Å². The maximum absolute atomic E-state index is 5.77. The molecule has 0 heterocycles. The highest BCUT2D eigenvalue weighted by molar-refractivity contribution is 5.19. The van der Waals surface area contributed by atoms with E-state index in [4.69, 9.17) is 5.73 Å². The van der Waals surface area contributed by atoms with Gasteiger partial charge in [-0.3, -0.25) is 4.90 Å². The molecule has 0 saturated carbocycles. The number of benzene rings is 1. The maximum Gasteiger partial charge on any atom is 0.0362 e. The van der Waals surface area contributed by atoms with Gasteiger partial charge in [0.15, 0.2) is 0 Å². The summed E-state index contributed by atoms with van der Waals surface area (Å²) in [5.74, 6) is 0. The van der Waals surface area contributed by atoms with Gasteiger partial charge in [0.05, 0.1) is 0 Å². The van der Waals surface area contributed by atoms with Crippen LogP contribution in [0.5, 0.6) is 0 Å². The smallest absolute Gasteiger partial charge is 0.0362 e. The Morgan fingerprint density at radius 2 is 1.82 bits per heavy atom.